The fourth-order valence-electron chi connectivity index (χ4n) is 0.423. The van der Waals surface area contributed by atoms with Crippen molar-refractivity contribution in [2.75, 3.05) is 11.6 Å². The molecule has 1 unspecified atom stereocenters. The number of thioether (sulfide) groups is 1. The SMILES string of the molecule is CC(C)C(C)SCCCl. The Bertz CT molecular complexity index is 63.9. The van der Waals surface area contributed by atoms with Gasteiger partial charge in [-0.25, -0.2) is 0 Å². The van der Waals surface area contributed by atoms with Crippen LogP contribution in [-0.2, 0) is 0 Å². The molecule has 0 nitrogen and oxygen atoms in total. The smallest absolute Gasteiger partial charge is 0.0314 e. The van der Waals surface area contributed by atoms with Crippen molar-refractivity contribution in [3.8, 4) is 0 Å². The molecular weight excluding hydrogens is 152 g/mol. The molecule has 9 heavy (non-hydrogen) atoms. The van der Waals surface area contributed by atoms with Crippen LogP contribution in [0.5, 0.6) is 0 Å². The normalized spacial score (nSPS) is 14.3. The molecular formula is C7H15ClS. The van der Waals surface area contributed by atoms with Crippen molar-refractivity contribution in [2.24, 2.45) is 5.92 Å². The van der Waals surface area contributed by atoms with Crippen LogP contribution in [-0.4, -0.2) is 16.9 Å². The summed E-state index contributed by atoms with van der Waals surface area (Å²) in [7, 11) is 0. The maximum absolute atomic E-state index is 5.53. The predicted octanol–water partition coefficient (Wildman–Crippen LogP) is 3.00. The van der Waals surface area contributed by atoms with E-state index in [1.807, 2.05) is 11.8 Å². The molecule has 0 spiro atoms. The molecule has 0 aromatic carbocycles. The van der Waals surface area contributed by atoms with Crippen LogP contribution in [0.3, 0.4) is 0 Å². The lowest BCUT2D eigenvalue weighted by Crippen LogP contribution is -2.06. The van der Waals surface area contributed by atoms with Crippen LogP contribution in [0.4, 0.5) is 0 Å². The Hall–Kier alpha value is 0.640. The first kappa shape index (κ1) is 9.64. The lowest BCUT2D eigenvalue weighted by molar-refractivity contribution is 0.642. The first-order chi connectivity index (χ1) is 4.18. The second-order valence-electron chi connectivity index (χ2n) is 2.51. The van der Waals surface area contributed by atoms with Crippen molar-refractivity contribution < 1.29 is 0 Å². The van der Waals surface area contributed by atoms with Gasteiger partial charge < -0.3 is 0 Å². The van der Waals surface area contributed by atoms with Crippen LogP contribution in [0.1, 0.15) is 20.8 Å². The van der Waals surface area contributed by atoms with E-state index in [4.69, 9.17) is 11.6 Å². The van der Waals surface area contributed by atoms with E-state index in [0.717, 1.165) is 22.8 Å². The largest absolute Gasteiger partial charge is 0.157 e. The third-order valence-electron chi connectivity index (χ3n) is 1.40. The minimum absolute atomic E-state index is 0.753. The second kappa shape index (κ2) is 5.43. The Balaban J connectivity index is 3.16. The average molecular weight is 167 g/mol. The molecule has 0 saturated heterocycles. The van der Waals surface area contributed by atoms with E-state index in [9.17, 15) is 0 Å². The van der Waals surface area contributed by atoms with Gasteiger partial charge in [0, 0.05) is 16.9 Å². The van der Waals surface area contributed by atoms with Gasteiger partial charge in [-0.3, -0.25) is 0 Å². The molecule has 0 rings (SSSR count). The van der Waals surface area contributed by atoms with Crippen LogP contribution >= 0.6 is 23.4 Å². The zero-order valence-electron chi connectivity index (χ0n) is 6.36. The fourth-order valence-corrected chi connectivity index (χ4v) is 1.54. The van der Waals surface area contributed by atoms with Gasteiger partial charge in [-0.15, -0.1) is 11.6 Å². The van der Waals surface area contributed by atoms with Crippen molar-refractivity contribution in [2.45, 2.75) is 26.0 Å². The standard InChI is InChI=1S/C7H15ClS/c1-6(2)7(3)9-5-4-8/h6-7H,4-5H2,1-3H3. The van der Waals surface area contributed by atoms with Crippen molar-refractivity contribution in [1.29, 1.82) is 0 Å². The van der Waals surface area contributed by atoms with Gasteiger partial charge in [-0.05, 0) is 5.92 Å². The zero-order chi connectivity index (χ0) is 7.28. The predicted molar refractivity (Wildman–Crippen MR) is 47.5 cm³/mol. The van der Waals surface area contributed by atoms with Gasteiger partial charge in [-0.2, -0.15) is 11.8 Å². The molecule has 0 heterocycles. The Morgan fingerprint density at radius 2 is 1.89 bits per heavy atom. The van der Waals surface area contributed by atoms with E-state index in [1.165, 1.54) is 0 Å². The van der Waals surface area contributed by atoms with Crippen LogP contribution in [0.25, 0.3) is 0 Å². The summed E-state index contributed by atoms with van der Waals surface area (Å²) in [6.07, 6.45) is 0. The maximum Gasteiger partial charge on any atom is 0.0314 e. The van der Waals surface area contributed by atoms with Gasteiger partial charge in [0.15, 0.2) is 0 Å². The molecule has 0 aromatic heterocycles. The van der Waals surface area contributed by atoms with E-state index in [1.54, 1.807) is 0 Å². The Morgan fingerprint density at radius 1 is 1.33 bits per heavy atom. The van der Waals surface area contributed by atoms with E-state index in [-0.39, 0.29) is 0 Å². The summed E-state index contributed by atoms with van der Waals surface area (Å²) < 4.78 is 0. The summed E-state index contributed by atoms with van der Waals surface area (Å²) in [5, 5.41) is 0.753. The molecule has 1 atom stereocenters. The van der Waals surface area contributed by atoms with E-state index in [0.29, 0.717) is 0 Å². The minimum Gasteiger partial charge on any atom is -0.157 e. The molecule has 0 aliphatic heterocycles. The molecule has 0 aliphatic carbocycles. The number of halogens is 1. The van der Waals surface area contributed by atoms with Crippen LogP contribution < -0.4 is 0 Å². The van der Waals surface area contributed by atoms with Crippen molar-refractivity contribution in [3.05, 3.63) is 0 Å². The number of rotatable bonds is 4. The summed E-state index contributed by atoms with van der Waals surface area (Å²) in [5.74, 6) is 2.64. The summed E-state index contributed by atoms with van der Waals surface area (Å²) in [6.45, 7) is 6.74. The summed E-state index contributed by atoms with van der Waals surface area (Å²) >= 11 is 7.48. The maximum atomic E-state index is 5.53. The zero-order valence-corrected chi connectivity index (χ0v) is 7.93. The Labute approximate surface area is 67.4 Å². The summed E-state index contributed by atoms with van der Waals surface area (Å²) in [4.78, 5) is 0. The van der Waals surface area contributed by atoms with Crippen molar-refractivity contribution in [1.82, 2.24) is 0 Å². The number of alkyl halides is 1. The molecule has 0 saturated carbocycles. The van der Waals surface area contributed by atoms with Gasteiger partial charge in [0.1, 0.15) is 0 Å². The highest BCUT2D eigenvalue weighted by Gasteiger charge is 2.05. The molecule has 0 fully saturated rings. The first-order valence-electron chi connectivity index (χ1n) is 3.36. The molecule has 0 amide bonds. The Kier molecular flexibility index (Phi) is 5.81. The van der Waals surface area contributed by atoms with E-state index >= 15 is 0 Å². The molecule has 56 valence electrons. The lowest BCUT2D eigenvalue weighted by atomic mass is 10.2. The highest BCUT2D eigenvalue weighted by molar-refractivity contribution is 7.99. The number of hydrogen-bond donors (Lipinski definition) is 0. The minimum atomic E-state index is 0.753. The monoisotopic (exact) mass is 166 g/mol. The molecule has 0 radical (unpaired) electrons. The third kappa shape index (κ3) is 5.10. The topological polar surface area (TPSA) is 0 Å². The molecule has 2 heteroatoms. The average Bonchev–Trinajstić information content (AvgIpc) is 1.82. The van der Waals surface area contributed by atoms with Crippen molar-refractivity contribution >= 4 is 23.4 Å². The molecule has 0 aliphatic rings. The van der Waals surface area contributed by atoms with Gasteiger partial charge in [-0.1, -0.05) is 20.8 Å². The molecule has 0 N–H and O–H groups in total. The fraction of sp³-hybridized carbons (Fsp3) is 1.00. The van der Waals surface area contributed by atoms with Gasteiger partial charge in [0.25, 0.3) is 0 Å². The van der Waals surface area contributed by atoms with E-state index < -0.39 is 0 Å². The third-order valence-corrected chi connectivity index (χ3v) is 3.32. The second-order valence-corrected chi connectivity index (χ2v) is 4.37. The van der Waals surface area contributed by atoms with E-state index in [2.05, 4.69) is 20.8 Å². The number of hydrogen-bond acceptors (Lipinski definition) is 1. The van der Waals surface area contributed by atoms with Crippen molar-refractivity contribution in [3.63, 3.8) is 0 Å². The summed E-state index contributed by atoms with van der Waals surface area (Å²) in [6, 6.07) is 0. The quantitative estimate of drug-likeness (QED) is 0.579. The van der Waals surface area contributed by atoms with Gasteiger partial charge >= 0.3 is 0 Å². The van der Waals surface area contributed by atoms with Crippen LogP contribution in [0, 0.1) is 5.92 Å². The highest BCUT2D eigenvalue weighted by Crippen LogP contribution is 2.18. The first-order valence-corrected chi connectivity index (χ1v) is 4.94. The van der Waals surface area contributed by atoms with Gasteiger partial charge in [0.05, 0.1) is 0 Å². The summed E-state index contributed by atoms with van der Waals surface area (Å²) in [5.41, 5.74) is 0. The molecule has 0 bridgehead atoms. The lowest BCUT2D eigenvalue weighted by Gasteiger charge is -2.13. The van der Waals surface area contributed by atoms with Crippen LogP contribution in [0.15, 0.2) is 0 Å². The Morgan fingerprint density at radius 3 is 2.22 bits per heavy atom. The van der Waals surface area contributed by atoms with Crippen LogP contribution in [0.2, 0.25) is 0 Å². The molecule has 0 aromatic rings. The van der Waals surface area contributed by atoms with Gasteiger partial charge in [0.2, 0.25) is 0 Å². The highest BCUT2D eigenvalue weighted by atomic mass is 35.5.